The highest BCUT2D eigenvalue weighted by Gasteiger charge is 2.26. The third-order valence-electron chi connectivity index (χ3n) is 5.90. The Labute approximate surface area is 189 Å². The van der Waals surface area contributed by atoms with Crippen LogP contribution in [-0.4, -0.2) is 57.6 Å². The number of rotatable bonds is 9. The standard InChI is InChI=1S/C25H32N2O5/c1-17-5-7-18(8-6-17)24(29)19-9-12-27(13-10-19)14-11-23(28)26-20-15-21(30-2)25(32-4)22(16-20)31-3/h5-8,15-16,19H,9-14H2,1-4H3,(H,26,28). The van der Waals surface area contributed by atoms with Gasteiger partial charge in [0.05, 0.1) is 21.3 Å². The van der Waals surface area contributed by atoms with Crippen LogP contribution in [-0.2, 0) is 4.79 Å². The maximum absolute atomic E-state index is 12.7. The maximum Gasteiger partial charge on any atom is 0.225 e. The van der Waals surface area contributed by atoms with Crippen molar-refractivity contribution in [3.05, 3.63) is 47.5 Å². The summed E-state index contributed by atoms with van der Waals surface area (Å²) in [7, 11) is 4.61. The molecule has 3 rings (SSSR count). The molecule has 0 spiro atoms. The van der Waals surface area contributed by atoms with Crippen molar-refractivity contribution < 1.29 is 23.8 Å². The van der Waals surface area contributed by atoms with Gasteiger partial charge in [0.15, 0.2) is 17.3 Å². The van der Waals surface area contributed by atoms with Crippen LogP contribution in [0, 0.1) is 12.8 Å². The number of ether oxygens (including phenoxy) is 3. The summed E-state index contributed by atoms with van der Waals surface area (Å²) in [4.78, 5) is 27.5. The summed E-state index contributed by atoms with van der Waals surface area (Å²) in [5.74, 6) is 1.66. The van der Waals surface area contributed by atoms with Crippen LogP contribution in [0.15, 0.2) is 36.4 Å². The lowest BCUT2D eigenvalue weighted by Gasteiger charge is -2.31. The predicted molar refractivity (Wildman–Crippen MR) is 124 cm³/mol. The smallest absolute Gasteiger partial charge is 0.225 e. The Morgan fingerprint density at radius 3 is 2.09 bits per heavy atom. The molecule has 0 radical (unpaired) electrons. The van der Waals surface area contributed by atoms with Crippen molar-refractivity contribution in [2.45, 2.75) is 26.2 Å². The van der Waals surface area contributed by atoms with Crippen LogP contribution in [0.1, 0.15) is 35.2 Å². The molecule has 2 aromatic rings. The Hall–Kier alpha value is -3.06. The molecule has 1 amide bonds. The molecule has 1 heterocycles. The Balaban J connectivity index is 1.48. The monoisotopic (exact) mass is 440 g/mol. The minimum atomic E-state index is -0.0860. The van der Waals surface area contributed by atoms with Gasteiger partial charge in [-0.15, -0.1) is 0 Å². The number of anilines is 1. The molecule has 1 fully saturated rings. The fourth-order valence-corrected chi connectivity index (χ4v) is 4.01. The van der Waals surface area contributed by atoms with E-state index in [1.165, 1.54) is 21.3 Å². The Morgan fingerprint density at radius 2 is 1.56 bits per heavy atom. The van der Waals surface area contributed by atoms with Gasteiger partial charge < -0.3 is 24.4 Å². The van der Waals surface area contributed by atoms with E-state index >= 15 is 0 Å². The molecular formula is C25H32N2O5. The molecule has 0 saturated carbocycles. The molecule has 7 nitrogen and oxygen atoms in total. The SMILES string of the molecule is COc1cc(NC(=O)CCN2CCC(C(=O)c3ccc(C)cc3)CC2)cc(OC)c1OC. The molecule has 1 aliphatic rings. The number of ketones is 1. The van der Waals surface area contributed by atoms with E-state index in [4.69, 9.17) is 14.2 Å². The largest absolute Gasteiger partial charge is 0.493 e. The molecule has 32 heavy (non-hydrogen) atoms. The van der Waals surface area contributed by atoms with Gasteiger partial charge in [-0.05, 0) is 32.9 Å². The number of Topliss-reactive ketones (excluding diaryl/α,β-unsaturated/α-hetero) is 1. The number of nitrogens with zero attached hydrogens (tertiary/aromatic N) is 1. The molecular weight excluding hydrogens is 408 g/mol. The number of piperidine rings is 1. The third kappa shape index (κ3) is 5.79. The van der Waals surface area contributed by atoms with Crippen molar-refractivity contribution >= 4 is 17.4 Å². The minimum Gasteiger partial charge on any atom is -0.493 e. The van der Waals surface area contributed by atoms with E-state index in [9.17, 15) is 9.59 Å². The van der Waals surface area contributed by atoms with Crippen LogP contribution in [0.25, 0.3) is 0 Å². The normalized spacial score (nSPS) is 14.6. The quantitative estimate of drug-likeness (QED) is 0.595. The average Bonchev–Trinajstić information content (AvgIpc) is 2.82. The third-order valence-corrected chi connectivity index (χ3v) is 5.90. The van der Waals surface area contributed by atoms with Gasteiger partial charge in [0, 0.05) is 42.3 Å². The van der Waals surface area contributed by atoms with Crippen LogP contribution in [0.4, 0.5) is 5.69 Å². The molecule has 1 aliphatic heterocycles. The van der Waals surface area contributed by atoms with Crippen LogP contribution in [0.3, 0.4) is 0 Å². The molecule has 172 valence electrons. The molecule has 2 aromatic carbocycles. The second-order valence-corrected chi connectivity index (χ2v) is 8.06. The number of amides is 1. The average molecular weight is 441 g/mol. The highest BCUT2D eigenvalue weighted by Crippen LogP contribution is 2.39. The zero-order valence-electron chi connectivity index (χ0n) is 19.3. The van der Waals surface area contributed by atoms with Crippen LogP contribution < -0.4 is 19.5 Å². The lowest BCUT2D eigenvalue weighted by atomic mass is 9.88. The van der Waals surface area contributed by atoms with Crippen molar-refractivity contribution in [2.75, 3.05) is 46.3 Å². The molecule has 0 unspecified atom stereocenters. The van der Waals surface area contributed by atoms with E-state index in [2.05, 4.69) is 10.2 Å². The van der Waals surface area contributed by atoms with Gasteiger partial charge in [0.2, 0.25) is 11.7 Å². The number of carbonyl (C=O) groups excluding carboxylic acids is 2. The van der Waals surface area contributed by atoms with E-state index < -0.39 is 0 Å². The fraction of sp³-hybridized carbons (Fsp3) is 0.440. The van der Waals surface area contributed by atoms with Crippen molar-refractivity contribution in [3.8, 4) is 17.2 Å². The number of likely N-dealkylation sites (tertiary alicyclic amines) is 1. The summed E-state index contributed by atoms with van der Waals surface area (Å²) in [6.07, 6.45) is 2.01. The van der Waals surface area contributed by atoms with Gasteiger partial charge in [-0.25, -0.2) is 0 Å². The van der Waals surface area contributed by atoms with Crippen molar-refractivity contribution in [1.82, 2.24) is 4.90 Å². The molecule has 0 bridgehead atoms. The number of hydrogen-bond donors (Lipinski definition) is 1. The lowest BCUT2D eigenvalue weighted by Crippen LogP contribution is -2.38. The summed E-state index contributed by atoms with van der Waals surface area (Å²) in [6, 6.07) is 11.2. The molecule has 1 saturated heterocycles. The van der Waals surface area contributed by atoms with Crippen molar-refractivity contribution in [1.29, 1.82) is 0 Å². The number of methoxy groups -OCH3 is 3. The maximum atomic E-state index is 12.7. The zero-order valence-corrected chi connectivity index (χ0v) is 19.3. The van der Waals surface area contributed by atoms with Crippen LogP contribution in [0.5, 0.6) is 17.2 Å². The lowest BCUT2D eigenvalue weighted by molar-refractivity contribution is -0.116. The molecule has 0 aliphatic carbocycles. The first kappa shape index (κ1) is 23.6. The summed E-state index contributed by atoms with van der Waals surface area (Å²) in [5, 5.41) is 2.90. The van der Waals surface area contributed by atoms with E-state index in [0.717, 1.165) is 37.1 Å². The summed E-state index contributed by atoms with van der Waals surface area (Å²) >= 11 is 0. The van der Waals surface area contributed by atoms with E-state index in [1.54, 1.807) is 12.1 Å². The number of carbonyl (C=O) groups is 2. The fourth-order valence-electron chi connectivity index (χ4n) is 4.01. The van der Waals surface area contributed by atoms with Gasteiger partial charge >= 0.3 is 0 Å². The van der Waals surface area contributed by atoms with Crippen molar-refractivity contribution in [2.24, 2.45) is 5.92 Å². The first-order valence-electron chi connectivity index (χ1n) is 10.9. The summed E-state index contributed by atoms with van der Waals surface area (Å²) in [5.41, 5.74) is 2.53. The van der Waals surface area contributed by atoms with Crippen LogP contribution >= 0.6 is 0 Å². The van der Waals surface area contributed by atoms with Gasteiger partial charge in [-0.3, -0.25) is 9.59 Å². The van der Waals surface area contributed by atoms with Crippen LogP contribution in [0.2, 0.25) is 0 Å². The van der Waals surface area contributed by atoms with E-state index in [0.29, 0.717) is 35.9 Å². The summed E-state index contributed by atoms with van der Waals surface area (Å²) in [6.45, 7) is 4.31. The predicted octanol–water partition coefficient (Wildman–Crippen LogP) is 3.94. The van der Waals surface area contributed by atoms with Crippen molar-refractivity contribution in [3.63, 3.8) is 0 Å². The van der Waals surface area contributed by atoms with Gasteiger partial charge in [-0.1, -0.05) is 29.8 Å². The van der Waals surface area contributed by atoms with E-state index in [1.807, 2.05) is 31.2 Å². The highest BCUT2D eigenvalue weighted by atomic mass is 16.5. The Morgan fingerprint density at radius 1 is 0.969 bits per heavy atom. The van der Waals surface area contributed by atoms with E-state index in [-0.39, 0.29) is 17.6 Å². The number of benzene rings is 2. The summed E-state index contributed by atoms with van der Waals surface area (Å²) < 4.78 is 16.0. The van der Waals surface area contributed by atoms with Gasteiger partial charge in [-0.2, -0.15) is 0 Å². The molecule has 0 atom stereocenters. The Kier molecular flexibility index (Phi) is 8.11. The molecule has 1 N–H and O–H groups in total. The highest BCUT2D eigenvalue weighted by molar-refractivity contribution is 5.98. The van der Waals surface area contributed by atoms with Gasteiger partial charge in [0.1, 0.15) is 0 Å². The van der Waals surface area contributed by atoms with Gasteiger partial charge in [0.25, 0.3) is 0 Å². The minimum absolute atomic E-state index is 0.0574. The Bertz CT molecular complexity index is 909. The zero-order chi connectivity index (χ0) is 23.1. The second kappa shape index (κ2) is 11.0. The topological polar surface area (TPSA) is 77.1 Å². The number of nitrogens with one attached hydrogen (secondary N) is 1. The number of hydrogen-bond acceptors (Lipinski definition) is 6. The molecule has 7 heteroatoms. The second-order valence-electron chi connectivity index (χ2n) is 8.06. The first-order valence-corrected chi connectivity index (χ1v) is 10.9. The number of aryl methyl sites for hydroxylation is 1. The first-order chi connectivity index (χ1) is 15.4. The molecule has 0 aromatic heterocycles.